The van der Waals surface area contributed by atoms with E-state index < -0.39 is 8.32 Å². The van der Waals surface area contributed by atoms with Crippen LogP contribution in [0.3, 0.4) is 0 Å². The quantitative estimate of drug-likeness (QED) is 0.387. The SMILES string of the molecule is CC(C)SO[Si](C)(C)CCC1CC2C=CC1C2. The van der Waals surface area contributed by atoms with Crippen molar-refractivity contribution in [3.8, 4) is 0 Å². The molecule has 2 aliphatic carbocycles. The third kappa shape index (κ3) is 3.87. The maximum Gasteiger partial charge on any atom is 0.205 e. The van der Waals surface area contributed by atoms with E-state index in [0.717, 1.165) is 17.8 Å². The summed E-state index contributed by atoms with van der Waals surface area (Å²) in [7, 11) is -1.42. The van der Waals surface area contributed by atoms with Gasteiger partial charge in [0.1, 0.15) is 0 Å². The molecule has 98 valence electrons. The highest BCUT2D eigenvalue weighted by Gasteiger charge is 2.36. The fourth-order valence-electron chi connectivity index (χ4n) is 3.03. The van der Waals surface area contributed by atoms with E-state index in [-0.39, 0.29) is 0 Å². The molecule has 2 bridgehead atoms. The van der Waals surface area contributed by atoms with E-state index in [1.807, 2.05) is 0 Å². The van der Waals surface area contributed by atoms with Gasteiger partial charge in [0.15, 0.2) is 0 Å². The lowest BCUT2D eigenvalue weighted by molar-refractivity contribution is 0.426. The standard InChI is InChI=1S/C14H26OSSi/c1-11(2)16-15-17(3,4)8-7-14-10-12-5-6-13(14)9-12/h5-6,11-14H,7-10H2,1-4H3. The number of fused-ring (bicyclic) bond motifs is 2. The zero-order valence-electron chi connectivity index (χ0n) is 11.6. The number of hydrogen-bond acceptors (Lipinski definition) is 2. The molecule has 1 fully saturated rings. The van der Waals surface area contributed by atoms with Gasteiger partial charge in [-0.2, -0.15) is 0 Å². The monoisotopic (exact) mass is 270 g/mol. The minimum absolute atomic E-state index is 0.590. The Balaban J connectivity index is 1.72. The Hall–Kier alpha value is 0.267. The molecule has 0 radical (unpaired) electrons. The van der Waals surface area contributed by atoms with Gasteiger partial charge in [-0.05, 0) is 61.8 Å². The van der Waals surface area contributed by atoms with Crippen molar-refractivity contribution < 1.29 is 3.87 Å². The Kier molecular flexibility index (Phi) is 4.43. The van der Waals surface area contributed by atoms with Gasteiger partial charge in [-0.25, -0.2) is 0 Å². The van der Waals surface area contributed by atoms with E-state index in [1.165, 1.54) is 25.3 Å². The van der Waals surface area contributed by atoms with Gasteiger partial charge in [-0.15, -0.1) is 0 Å². The highest BCUT2D eigenvalue weighted by molar-refractivity contribution is 7.96. The molecule has 0 spiro atoms. The second kappa shape index (κ2) is 5.50. The minimum atomic E-state index is -1.42. The van der Waals surface area contributed by atoms with E-state index in [9.17, 15) is 0 Å². The Labute approximate surface area is 112 Å². The second-order valence-electron chi connectivity index (χ2n) is 6.57. The first kappa shape index (κ1) is 13.7. The minimum Gasteiger partial charge on any atom is -0.357 e. The molecule has 17 heavy (non-hydrogen) atoms. The van der Waals surface area contributed by atoms with Crippen molar-refractivity contribution in [1.29, 1.82) is 0 Å². The largest absolute Gasteiger partial charge is 0.357 e. The predicted molar refractivity (Wildman–Crippen MR) is 79.6 cm³/mol. The van der Waals surface area contributed by atoms with Gasteiger partial charge in [-0.3, -0.25) is 0 Å². The van der Waals surface area contributed by atoms with Crippen molar-refractivity contribution in [1.82, 2.24) is 0 Å². The van der Waals surface area contributed by atoms with Crippen molar-refractivity contribution in [3.05, 3.63) is 12.2 Å². The molecular formula is C14H26OSSi. The van der Waals surface area contributed by atoms with Gasteiger partial charge in [0.2, 0.25) is 8.32 Å². The molecule has 3 unspecified atom stereocenters. The summed E-state index contributed by atoms with van der Waals surface area (Å²) in [6.07, 6.45) is 9.19. The predicted octanol–water partition coefficient (Wildman–Crippen LogP) is 4.87. The lowest BCUT2D eigenvalue weighted by Crippen LogP contribution is -2.29. The fraction of sp³-hybridized carbons (Fsp3) is 0.857. The van der Waals surface area contributed by atoms with Crippen LogP contribution in [0.15, 0.2) is 12.2 Å². The van der Waals surface area contributed by atoms with E-state index in [0.29, 0.717) is 5.25 Å². The molecule has 3 atom stereocenters. The van der Waals surface area contributed by atoms with Gasteiger partial charge in [0, 0.05) is 5.25 Å². The molecule has 0 amide bonds. The van der Waals surface area contributed by atoms with Crippen LogP contribution in [0.1, 0.15) is 33.1 Å². The molecule has 0 aromatic carbocycles. The summed E-state index contributed by atoms with van der Waals surface area (Å²) < 4.78 is 6.07. The smallest absolute Gasteiger partial charge is 0.205 e. The van der Waals surface area contributed by atoms with Crippen molar-refractivity contribution in [2.45, 2.75) is 57.5 Å². The number of allylic oxidation sites excluding steroid dienone is 2. The van der Waals surface area contributed by atoms with E-state index in [2.05, 4.69) is 39.1 Å². The molecule has 1 saturated carbocycles. The second-order valence-corrected chi connectivity index (χ2v) is 12.4. The van der Waals surface area contributed by atoms with Crippen LogP contribution in [0, 0.1) is 17.8 Å². The Morgan fingerprint density at radius 1 is 1.29 bits per heavy atom. The Morgan fingerprint density at radius 2 is 2.06 bits per heavy atom. The van der Waals surface area contributed by atoms with Crippen LogP contribution < -0.4 is 0 Å². The van der Waals surface area contributed by atoms with Crippen LogP contribution in [-0.2, 0) is 3.87 Å². The normalized spacial score (nSPS) is 31.7. The zero-order valence-corrected chi connectivity index (χ0v) is 13.4. The molecular weight excluding hydrogens is 244 g/mol. The molecule has 0 N–H and O–H groups in total. The lowest BCUT2D eigenvalue weighted by atomic mass is 9.91. The molecule has 2 rings (SSSR count). The van der Waals surface area contributed by atoms with Crippen molar-refractivity contribution in [2.24, 2.45) is 17.8 Å². The molecule has 1 nitrogen and oxygen atoms in total. The van der Waals surface area contributed by atoms with Gasteiger partial charge in [0.25, 0.3) is 0 Å². The van der Waals surface area contributed by atoms with E-state index in [4.69, 9.17) is 3.87 Å². The first-order valence-corrected chi connectivity index (χ1v) is 10.9. The van der Waals surface area contributed by atoms with Crippen LogP contribution in [0.4, 0.5) is 0 Å². The van der Waals surface area contributed by atoms with Crippen LogP contribution in [0.25, 0.3) is 0 Å². The molecule has 0 heterocycles. The summed E-state index contributed by atoms with van der Waals surface area (Å²) in [5.74, 6) is 2.78. The summed E-state index contributed by atoms with van der Waals surface area (Å²) in [5.41, 5.74) is 0. The average Bonchev–Trinajstić information content (AvgIpc) is 2.85. The molecule has 0 aromatic rings. The zero-order chi connectivity index (χ0) is 12.5. The lowest BCUT2D eigenvalue weighted by Gasteiger charge is -2.26. The summed E-state index contributed by atoms with van der Waals surface area (Å²) in [5, 5.41) is 0.590. The van der Waals surface area contributed by atoms with Crippen molar-refractivity contribution in [3.63, 3.8) is 0 Å². The van der Waals surface area contributed by atoms with Crippen molar-refractivity contribution >= 4 is 20.4 Å². The van der Waals surface area contributed by atoms with Crippen molar-refractivity contribution in [2.75, 3.05) is 0 Å². The molecule has 2 aliphatic rings. The van der Waals surface area contributed by atoms with Gasteiger partial charge >= 0.3 is 0 Å². The first-order chi connectivity index (χ1) is 7.96. The summed E-state index contributed by atoms with van der Waals surface area (Å²) in [6, 6.07) is 1.33. The molecule has 0 aromatic heterocycles. The molecule has 0 saturated heterocycles. The summed E-state index contributed by atoms with van der Waals surface area (Å²) in [6.45, 7) is 9.14. The first-order valence-electron chi connectivity index (χ1n) is 6.99. The maximum absolute atomic E-state index is 6.07. The fourth-order valence-corrected chi connectivity index (χ4v) is 6.24. The highest BCUT2D eigenvalue weighted by atomic mass is 32.2. The van der Waals surface area contributed by atoms with Crippen LogP contribution in [0.5, 0.6) is 0 Å². The Bertz CT molecular complexity index is 288. The van der Waals surface area contributed by atoms with E-state index >= 15 is 0 Å². The maximum atomic E-state index is 6.07. The van der Waals surface area contributed by atoms with Crippen LogP contribution in [-0.4, -0.2) is 13.6 Å². The third-order valence-corrected chi connectivity index (χ3v) is 8.07. The van der Waals surface area contributed by atoms with Crippen LogP contribution >= 0.6 is 12.0 Å². The van der Waals surface area contributed by atoms with Crippen LogP contribution in [0.2, 0.25) is 19.1 Å². The summed E-state index contributed by atoms with van der Waals surface area (Å²) in [4.78, 5) is 0. The highest BCUT2D eigenvalue weighted by Crippen LogP contribution is 2.46. The number of rotatable bonds is 6. The summed E-state index contributed by atoms with van der Waals surface area (Å²) >= 11 is 1.68. The average molecular weight is 271 g/mol. The van der Waals surface area contributed by atoms with Gasteiger partial charge in [-0.1, -0.05) is 32.4 Å². The Morgan fingerprint density at radius 3 is 2.59 bits per heavy atom. The number of hydrogen-bond donors (Lipinski definition) is 0. The molecule has 0 aliphatic heterocycles. The van der Waals surface area contributed by atoms with Gasteiger partial charge < -0.3 is 3.87 Å². The topological polar surface area (TPSA) is 9.23 Å². The van der Waals surface area contributed by atoms with E-state index in [1.54, 1.807) is 12.0 Å². The third-order valence-electron chi connectivity index (χ3n) is 4.00. The molecule has 3 heteroatoms. The van der Waals surface area contributed by atoms with Gasteiger partial charge in [0.05, 0.1) is 0 Å².